The van der Waals surface area contributed by atoms with Gasteiger partial charge in [0.1, 0.15) is 0 Å². The van der Waals surface area contributed by atoms with E-state index in [9.17, 15) is 9.59 Å². The number of hydrogen-bond acceptors (Lipinski definition) is 4. The lowest BCUT2D eigenvalue weighted by Gasteiger charge is -2.25. The number of nitrogens with zero attached hydrogens (tertiary/aromatic N) is 2. The molecule has 21 heavy (non-hydrogen) atoms. The standard InChI is InChI=1S/C14H22N4O3/c1-9(2)11(8-18(3)4)17-14(21)16-10-6-5-7-15-12(10)13(19)20/h5-7,9,11H,8H2,1-4H3,(H,19,20)(H2,16,17,21). The molecule has 0 aliphatic rings. The van der Waals surface area contributed by atoms with Gasteiger partial charge < -0.3 is 20.6 Å². The van der Waals surface area contributed by atoms with Gasteiger partial charge in [-0.05, 0) is 32.1 Å². The predicted molar refractivity (Wildman–Crippen MR) is 80.5 cm³/mol. The minimum Gasteiger partial charge on any atom is -0.476 e. The average molecular weight is 294 g/mol. The fourth-order valence-electron chi connectivity index (χ4n) is 1.82. The van der Waals surface area contributed by atoms with Crippen molar-refractivity contribution in [3.8, 4) is 0 Å². The Hall–Kier alpha value is -2.15. The van der Waals surface area contributed by atoms with Crippen LogP contribution in [0, 0.1) is 5.92 Å². The first-order valence-electron chi connectivity index (χ1n) is 6.71. The van der Waals surface area contributed by atoms with Crippen LogP contribution in [0.3, 0.4) is 0 Å². The van der Waals surface area contributed by atoms with E-state index in [1.165, 1.54) is 12.3 Å². The van der Waals surface area contributed by atoms with Crippen LogP contribution in [0.25, 0.3) is 0 Å². The van der Waals surface area contributed by atoms with Gasteiger partial charge in [-0.25, -0.2) is 14.6 Å². The number of rotatable bonds is 6. The average Bonchev–Trinajstić information content (AvgIpc) is 2.37. The Balaban J connectivity index is 2.75. The van der Waals surface area contributed by atoms with Crippen molar-refractivity contribution >= 4 is 17.7 Å². The highest BCUT2D eigenvalue weighted by molar-refractivity contribution is 5.98. The van der Waals surface area contributed by atoms with Crippen LogP contribution in [0.1, 0.15) is 24.3 Å². The van der Waals surface area contributed by atoms with Gasteiger partial charge in [-0.1, -0.05) is 13.8 Å². The molecule has 1 heterocycles. The summed E-state index contributed by atoms with van der Waals surface area (Å²) in [5.74, 6) is -0.925. The number of nitrogens with one attached hydrogen (secondary N) is 2. The molecule has 1 aromatic heterocycles. The molecule has 116 valence electrons. The van der Waals surface area contributed by atoms with Gasteiger partial charge in [0, 0.05) is 18.8 Å². The minimum atomic E-state index is -1.18. The van der Waals surface area contributed by atoms with Gasteiger partial charge in [-0.3, -0.25) is 0 Å². The second kappa shape index (κ2) is 7.58. The van der Waals surface area contributed by atoms with E-state index in [0.29, 0.717) is 6.54 Å². The monoisotopic (exact) mass is 294 g/mol. The summed E-state index contributed by atoms with van der Waals surface area (Å²) in [4.78, 5) is 28.8. The molecule has 1 aromatic rings. The Labute approximate surface area is 124 Å². The molecule has 0 aliphatic heterocycles. The number of carbonyl (C=O) groups is 2. The first kappa shape index (κ1) is 16.9. The molecule has 3 N–H and O–H groups in total. The summed E-state index contributed by atoms with van der Waals surface area (Å²) in [6.45, 7) is 4.73. The molecule has 0 saturated heterocycles. The molecule has 1 unspecified atom stereocenters. The summed E-state index contributed by atoms with van der Waals surface area (Å²) in [6.07, 6.45) is 1.37. The van der Waals surface area contributed by atoms with Crippen LogP contribution >= 0.6 is 0 Å². The Morgan fingerprint density at radius 3 is 2.57 bits per heavy atom. The third-order valence-corrected chi connectivity index (χ3v) is 2.94. The van der Waals surface area contributed by atoms with Crippen molar-refractivity contribution in [2.45, 2.75) is 19.9 Å². The summed E-state index contributed by atoms with van der Waals surface area (Å²) in [5, 5.41) is 14.4. The van der Waals surface area contributed by atoms with Crippen molar-refractivity contribution in [2.75, 3.05) is 26.0 Å². The maximum atomic E-state index is 12.0. The molecule has 1 rings (SSSR count). The fraction of sp³-hybridized carbons (Fsp3) is 0.500. The van der Waals surface area contributed by atoms with Gasteiger partial charge in [0.25, 0.3) is 0 Å². The number of carbonyl (C=O) groups excluding carboxylic acids is 1. The third-order valence-electron chi connectivity index (χ3n) is 2.94. The quantitative estimate of drug-likeness (QED) is 0.739. The molecule has 0 aliphatic carbocycles. The lowest BCUT2D eigenvalue weighted by atomic mass is 10.0. The van der Waals surface area contributed by atoms with Crippen LogP contribution in [-0.2, 0) is 0 Å². The zero-order valence-corrected chi connectivity index (χ0v) is 12.8. The highest BCUT2D eigenvalue weighted by Crippen LogP contribution is 2.12. The van der Waals surface area contributed by atoms with Gasteiger partial charge in [-0.2, -0.15) is 0 Å². The first-order chi connectivity index (χ1) is 9.81. The summed E-state index contributed by atoms with van der Waals surface area (Å²) in [5.41, 5.74) is -0.00350. The van der Waals surface area contributed by atoms with Crippen molar-refractivity contribution in [1.29, 1.82) is 0 Å². The molecule has 0 saturated carbocycles. The zero-order valence-electron chi connectivity index (χ0n) is 12.8. The maximum absolute atomic E-state index is 12.0. The third kappa shape index (κ3) is 5.39. The molecule has 2 amide bonds. The van der Waals surface area contributed by atoms with Crippen LogP contribution in [0.15, 0.2) is 18.3 Å². The Bertz CT molecular complexity index is 503. The number of anilines is 1. The molecule has 0 aromatic carbocycles. The lowest BCUT2D eigenvalue weighted by Crippen LogP contribution is -2.46. The van der Waals surface area contributed by atoms with Crippen LogP contribution in [0.2, 0.25) is 0 Å². The number of carboxylic acid groups (broad SMARTS) is 1. The lowest BCUT2D eigenvalue weighted by molar-refractivity contribution is 0.0691. The molecule has 7 heteroatoms. The summed E-state index contributed by atoms with van der Waals surface area (Å²) >= 11 is 0. The highest BCUT2D eigenvalue weighted by atomic mass is 16.4. The Morgan fingerprint density at radius 1 is 1.38 bits per heavy atom. The van der Waals surface area contributed by atoms with Gasteiger partial charge in [0.2, 0.25) is 0 Å². The van der Waals surface area contributed by atoms with E-state index in [1.54, 1.807) is 6.07 Å². The minimum absolute atomic E-state index is 0.0371. The number of likely N-dealkylation sites (N-methyl/N-ethyl adjacent to an activating group) is 1. The Morgan fingerprint density at radius 2 is 2.05 bits per heavy atom. The number of carboxylic acids is 1. The van der Waals surface area contributed by atoms with E-state index in [0.717, 1.165) is 0 Å². The summed E-state index contributed by atoms with van der Waals surface area (Å²) in [7, 11) is 3.86. The SMILES string of the molecule is CC(C)C(CN(C)C)NC(=O)Nc1cccnc1C(=O)O. The molecule has 1 atom stereocenters. The molecule has 0 radical (unpaired) electrons. The van der Waals surface area contributed by atoms with E-state index in [1.807, 2.05) is 32.8 Å². The number of pyridine rings is 1. The topological polar surface area (TPSA) is 94.6 Å². The van der Waals surface area contributed by atoms with E-state index < -0.39 is 12.0 Å². The van der Waals surface area contributed by atoms with Crippen LogP contribution in [-0.4, -0.2) is 53.7 Å². The number of hydrogen-bond donors (Lipinski definition) is 3. The fourth-order valence-corrected chi connectivity index (χ4v) is 1.82. The molecule has 0 spiro atoms. The van der Waals surface area contributed by atoms with Gasteiger partial charge in [0.05, 0.1) is 5.69 Å². The molecular formula is C14H22N4O3. The van der Waals surface area contributed by atoms with Crippen LogP contribution in [0.4, 0.5) is 10.5 Å². The van der Waals surface area contributed by atoms with Crippen molar-refractivity contribution in [3.63, 3.8) is 0 Å². The van der Waals surface area contributed by atoms with Crippen LogP contribution in [0.5, 0.6) is 0 Å². The van der Waals surface area contributed by atoms with Crippen molar-refractivity contribution < 1.29 is 14.7 Å². The number of aromatic nitrogens is 1. The predicted octanol–water partition coefficient (Wildman–Crippen LogP) is 1.49. The largest absolute Gasteiger partial charge is 0.476 e. The maximum Gasteiger partial charge on any atom is 0.356 e. The normalized spacial score (nSPS) is 12.3. The second-order valence-electron chi connectivity index (χ2n) is 5.42. The van der Waals surface area contributed by atoms with Gasteiger partial charge >= 0.3 is 12.0 Å². The summed E-state index contributed by atoms with van der Waals surface area (Å²) in [6, 6.07) is 2.60. The first-order valence-corrected chi connectivity index (χ1v) is 6.71. The zero-order chi connectivity index (χ0) is 16.0. The van der Waals surface area contributed by atoms with E-state index in [-0.39, 0.29) is 23.3 Å². The molecule has 0 bridgehead atoms. The van der Waals surface area contributed by atoms with Crippen molar-refractivity contribution in [3.05, 3.63) is 24.0 Å². The Kier molecular flexibility index (Phi) is 6.10. The van der Waals surface area contributed by atoms with Crippen molar-refractivity contribution in [1.82, 2.24) is 15.2 Å². The molecule has 7 nitrogen and oxygen atoms in total. The molecule has 0 fully saturated rings. The van der Waals surface area contributed by atoms with Crippen LogP contribution < -0.4 is 10.6 Å². The van der Waals surface area contributed by atoms with E-state index in [2.05, 4.69) is 15.6 Å². The van der Waals surface area contributed by atoms with Crippen molar-refractivity contribution in [2.24, 2.45) is 5.92 Å². The number of amides is 2. The second-order valence-corrected chi connectivity index (χ2v) is 5.42. The van der Waals surface area contributed by atoms with E-state index in [4.69, 9.17) is 5.11 Å². The number of urea groups is 1. The number of aromatic carboxylic acids is 1. The highest BCUT2D eigenvalue weighted by Gasteiger charge is 2.19. The van der Waals surface area contributed by atoms with Gasteiger partial charge in [-0.15, -0.1) is 0 Å². The van der Waals surface area contributed by atoms with Gasteiger partial charge in [0.15, 0.2) is 5.69 Å². The summed E-state index contributed by atoms with van der Waals surface area (Å²) < 4.78 is 0. The smallest absolute Gasteiger partial charge is 0.356 e. The van der Waals surface area contributed by atoms with E-state index >= 15 is 0 Å². The molecular weight excluding hydrogens is 272 g/mol.